The molecule has 0 heterocycles. The van der Waals surface area contributed by atoms with Crippen molar-refractivity contribution in [3.05, 3.63) is 29.6 Å². The largest absolute Gasteiger partial charge is 0.371 e. The third kappa shape index (κ3) is 4.48. The van der Waals surface area contributed by atoms with Crippen LogP contribution in [0.1, 0.15) is 46.1 Å². The van der Waals surface area contributed by atoms with Crippen molar-refractivity contribution in [2.45, 2.75) is 53.0 Å². The lowest BCUT2D eigenvalue weighted by Crippen LogP contribution is -2.31. The maximum Gasteiger partial charge on any atom is 0.128 e. The van der Waals surface area contributed by atoms with Gasteiger partial charge < -0.3 is 10.6 Å². The summed E-state index contributed by atoms with van der Waals surface area (Å²) < 4.78 is 14.1. The zero-order chi connectivity index (χ0) is 15.1. The van der Waals surface area contributed by atoms with E-state index in [2.05, 4.69) is 25.7 Å². The molecule has 0 aromatic heterocycles. The van der Waals surface area contributed by atoms with Crippen molar-refractivity contribution < 1.29 is 4.39 Å². The number of hydrogen-bond donors (Lipinski definition) is 1. The number of anilines is 1. The summed E-state index contributed by atoms with van der Waals surface area (Å²) in [5, 5.41) is 0. The van der Waals surface area contributed by atoms with E-state index in [-0.39, 0.29) is 11.9 Å². The summed E-state index contributed by atoms with van der Waals surface area (Å²) in [5.74, 6) is 0.518. The molecule has 20 heavy (non-hydrogen) atoms. The minimum atomic E-state index is -0.136. The van der Waals surface area contributed by atoms with Gasteiger partial charge in [0.25, 0.3) is 0 Å². The Morgan fingerprint density at radius 3 is 2.35 bits per heavy atom. The molecule has 114 valence electrons. The van der Waals surface area contributed by atoms with Crippen LogP contribution in [0.4, 0.5) is 10.1 Å². The summed E-state index contributed by atoms with van der Waals surface area (Å²) in [4.78, 5) is 2.29. The Bertz CT molecular complexity index is 400. The second-order valence-electron chi connectivity index (χ2n) is 5.64. The molecule has 0 fully saturated rings. The Labute approximate surface area is 123 Å². The predicted molar refractivity (Wildman–Crippen MR) is 85.7 cm³/mol. The Morgan fingerprint density at radius 1 is 1.20 bits per heavy atom. The number of hydrogen-bond acceptors (Lipinski definition) is 2. The van der Waals surface area contributed by atoms with Gasteiger partial charge in [0.05, 0.1) is 0 Å². The molecule has 3 heteroatoms. The van der Waals surface area contributed by atoms with Crippen molar-refractivity contribution in [1.82, 2.24) is 0 Å². The van der Waals surface area contributed by atoms with E-state index in [1.165, 1.54) is 6.07 Å². The van der Waals surface area contributed by atoms with E-state index in [1.54, 1.807) is 6.07 Å². The van der Waals surface area contributed by atoms with Crippen LogP contribution >= 0.6 is 0 Å². The van der Waals surface area contributed by atoms with E-state index in [0.29, 0.717) is 12.3 Å². The maximum atomic E-state index is 14.1. The molecule has 0 bridgehead atoms. The fraction of sp³-hybridized carbons (Fsp3) is 0.647. The van der Waals surface area contributed by atoms with Crippen LogP contribution in [0.3, 0.4) is 0 Å². The van der Waals surface area contributed by atoms with Crippen LogP contribution in [-0.4, -0.2) is 19.1 Å². The monoisotopic (exact) mass is 280 g/mol. The predicted octanol–water partition coefficient (Wildman–Crippen LogP) is 3.98. The first-order valence-corrected chi connectivity index (χ1v) is 7.81. The molecule has 1 rings (SSSR count). The number of rotatable bonds is 8. The SMILES string of the molecule is CCC(CC)CN(CC)c1cccc(F)c1CC(C)N. The van der Waals surface area contributed by atoms with Gasteiger partial charge in [-0.2, -0.15) is 0 Å². The molecular formula is C17H29FN2. The highest BCUT2D eigenvalue weighted by atomic mass is 19.1. The Morgan fingerprint density at radius 2 is 1.85 bits per heavy atom. The highest BCUT2D eigenvalue weighted by Gasteiger charge is 2.17. The molecule has 1 aromatic carbocycles. The molecule has 0 aliphatic heterocycles. The van der Waals surface area contributed by atoms with E-state index in [0.717, 1.165) is 37.2 Å². The Balaban J connectivity index is 3.04. The van der Waals surface area contributed by atoms with Gasteiger partial charge in [-0.05, 0) is 38.3 Å². The van der Waals surface area contributed by atoms with Crippen LogP contribution < -0.4 is 10.6 Å². The number of halogens is 1. The lowest BCUT2D eigenvalue weighted by Gasteiger charge is -2.30. The molecule has 0 amide bonds. The van der Waals surface area contributed by atoms with Crippen molar-refractivity contribution in [1.29, 1.82) is 0 Å². The average molecular weight is 280 g/mol. The number of nitrogens with zero attached hydrogens (tertiary/aromatic N) is 1. The van der Waals surface area contributed by atoms with Gasteiger partial charge in [0.2, 0.25) is 0 Å². The Hall–Kier alpha value is -1.09. The first-order valence-electron chi connectivity index (χ1n) is 7.81. The van der Waals surface area contributed by atoms with Crippen LogP contribution in [0.15, 0.2) is 18.2 Å². The van der Waals surface area contributed by atoms with Crippen LogP contribution in [-0.2, 0) is 6.42 Å². The normalized spacial score (nSPS) is 12.8. The fourth-order valence-corrected chi connectivity index (χ4v) is 2.62. The summed E-state index contributed by atoms with van der Waals surface area (Å²) in [6.45, 7) is 10.4. The maximum absolute atomic E-state index is 14.1. The van der Waals surface area contributed by atoms with Gasteiger partial charge in [-0.3, -0.25) is 0 Å². The first kappa shape index (κ1) is 17.0. The topological polar surface area (TPSA) is 29.3 Å². The molecule has 2 N–H and O–H groups in total. The highest BCUT2D eigenvalue weighted by molar-refractivity contribution is 5.54. The molecule has 1 unspecified atom stereocenters. The van der Waals surface area contributed by atoms with Crippen LogP contribution in [0, 0.1) is 11.7 Å². The zero-order valence-electron chi connectivity index (χ0n) is 13.3. The van der Waals surface area contributed by atoms with E-state index < -0.39 is 0 Å². The van der Waals surface area contributed by atoms with E-state index in [4.69, 9.17) is 5.73 Å². The van der Waals surface area contributed by atoms with Gasteiger partial charge in [0.1, 0.15) is 5.82 Å². The van der Waals surface area contributed by atoms with E-state index >= 15 is 0 Å². The summed E-state index contributed by atoms with van der Waals surface area (Å²) in [6.07, 6.45) is 2.90. The fourth-order valence-electron chi connectivity index (χ4n) is 2.62. The molecule has 0 saturated carbocycles. The van der Waals surface area contributed by atoms with E-state index in [1.807, 2.05) is 13.0 Å². The molecule has 0 aliphatic carbocycles. The molecular weight excluding hydrogens is 251 g/mol. The summed E-state index contributed by atoms with van der Waals surface area (Å²) in [5.41, 5.74) is 7.64. The van der Waals surface area contributed by atoms with Crippen molar-refractivity contribution in [2.75, 3.05) is 18.0 Å². The smallest absolute Gasteiger partial charge is 0.128 e. The zero-order valence-corrected chi connectivity index (χ0v) is 13.3. The third-order valence-electron chi connectivity index (χ3n) is 3.98. The minimum absolute atomic E-state index is 0.0301. The van der Waals surface area contributed by atoms with Crippen molar-refractivity contribution in [3.63, 3.8) is 0 Å². The Kier molecular flexibility index (Phi) is 7.00. The molecule has 0 spiro atoms. The van der Waals surface area contributed by atoms with Gasteiger partial charge in [0.15, 0.2) is 0 Å². The van der Waals surface area contributed by atoms with Gasteiger partial charge in [-0.1, -0.05) is 32.8 Å². The second kappa shape index (κ2) is 8.25. The number of benzene rings is 1. The molecule has 0 radical (unpaired) electrons. The van der Waals surface area contributed by atoms with Crippen molar-refractivity contribution >= 4 is 5.69 Å². The minimum Gasteiger partial charge on any atom is -0.371 e. The first-order chi connectivity index (χ1) is 9.53. The quantitative estimate of drug-likeness (QED) is 0.780. The standard InChI is InChI=1S/C17H29FN2/c1-5-14(6-2)12-20(7-3)17-10-8-9-16(18)15(17)11-13(4)19/h8-10,13-14H,5-7,11-12,19H2,1-4H3. The van der Waals surface area contributed by atoms with Gasteiger partial charge in [-0.15, -0.1) is 0 Å². The molecule has 0 aliphatic rings. The number of nitrogens with two attached hydrogens (primary N) is 1. The summed E-state index contributed by atoms with van der Waals surface area (Å²) in [6, 6.07) is 5.32. The van der Waals surface area contributed by atoms with Crippen molar-refractivity contribution in [2.24, 2.45) is 11.7 Å². The van der Waals surface area contributed by atoms with Crippen LogP contribution in [0.25, 0.3) is 0 Å². The summed E-state index contributed by atoms with van der Waals surface area (Å²) >= 11 is 0. The van der Waals surface area contributed by atoms with Crippen LogP contribution in [0.5, 0.6) is 0 Å². The van der Waals surface area contributed by atoms with Crippen LogP contribution in [0.2, 0.25) is 0 Å². The molecule has 1 aromatic rings. The van der Waals surface area contributed by atoms with Gasteiger partial charge in [-0.25, -0.2) is 4.39 Å². The summed E-state index contributed by atoms with van der Waals surface area (Å²) in [7, 11) is 0. The third-order valence-corrected chi connectivity index (χ3v) is 3.98. The lowest BCUT2D eigenvalue weighted by molar-refractivity contribution is 0.484. The van der Waals surface area contributed by atoms with Crippen molar-refractivity contribution in [3.8, 4) is 0 Å². The lowest BCUT2D eigenvalue weighted by atomic mass is 10.00. The van der Waals surface area contributed by atoms with Gasteiger partial charge in [0, 0.05) is 30.4 Å². The second-order valence-corrected chi connectivity index (χ2v) is 5.64. The molecule has 0 saturated heterocycles. The van der Waals surface area contributed by atoms with E-state index in [9.17, 15) is 4.39 Å². The van der Waals surface area contributed by atoms with Gasteiger partial charge >= 0.3 is 0 Å². The molecule has 2 nitrogen and oxygen atoms in total. The highest BCUT2D eigenvalue weighted by Crippen LogP contribution is 2.26. The average Bonchev–Trinajstić information content (AvgIpc) is 2.43. The molecule has 1 atom stereocenters.